The van der Waals surface area contributed by atoms with E-state index in [9.17, 15) is 4.79 Å². The maximum absolute atomic E-state index is 11.7. The number of benzene rings is 1. The Morgan fingerprint density at radius 3 is 3.06 bits per heavy atom. The van der Waals surface area contributed by atoms with E-state index in [2.05, 4.69) is 14.1 Å². The number of carbonyl (C=O) groups is 1. The quantitative estimate of drug-likeness (QED) is 0.905. The Bertz CT molecular complexity index is 523. The van der Waals surface area contributed by atoms with Crippen LogP contribution >= 0.6 is 11.7 Å². The van der Waals surface area contributed by atoms with E-state index in [1.54, 1.807) is 0 Å². The summed E-state index contributed by atoms with van der Waals surface area (Å²) in [5, 5.41) is 2.93. The minimum Gasteiger partial charge on any atom is -0.352 e. The van der Waals surface area contributed by atoms with Crippen LogP contribution in [0.15, 0.2) is 18.2 Å². The minimum atomic E-state index is 0.0581. The number of hydrogen-bond donors (Lipinski definition) is 1. The van der Waals surface area contributed by atoms with Gasteiger partial charge >= 0.3 is 0 Å². The Morgan fingerprint density at radius 1 is 1.47 bits per heavy atom. The molecule has 1 amide bonds. The fourth-order valence-electron chi connectivity index (χ4n) is 1.55. The van der Waals surface area contributed by atoms with Crippen LogP contribution < -0.4 is 5.32 Å². The van der Waals surface area contributed by atoms with Crippen LogP contribution in [0, 0.1) is 5.92 Å². The average molecular weight is 249 g/mol. The van der Waals surface area contributed by atoms with Crippen LogP contribution in [-0.2, 0) is 11.3 Å². The Hall–Kier alpha value is -1.49. The van der Waals surface area contributed by atoms with Crippen LogP contribution in [0.3, 0.4) is 0 Å². The van der Waals surface area contributed by atoms with Gasteiger partial charge in [0.1, 0.15) is 11.0 Å². The molecule has 0 aliphatic heterocycles. The van der Waals surface area contributed by atoms with Crippen molar-refractivity contribution in [2.45, 2.75) is 26.8 Å². The van der Waals surface area contributed by atoms with Crippen LogP contribution in [0.4, 0.5) is 0 Å². The van der Waals surface area contributed by atoms with Crippen LogP contribution in [0.25, 0.3) is 11.0 Å². The summed E-state index contributed by atoms with van der Waals surface area (Å²) in [6, 6.07) is 5.84. The topological polar surface area (TPSA) is 54.9 Å². The first-order valence-corrected chi connectivity index (χ1v) is 6.43. The summed E-state index contributed by atoms with van der Waals surface area (Å²) in [4.78, 5) is 11.7. The van der Waals surface area contributed by atoms with Gasteiger partial charge in [-0.25, -0.2) is 0 Å². The smallest absolute Gasteiger partial charge is 0.223 e. The number of hydrogen-bond acceptors (Lipinski definition) is 4. The van der Waals surface area contributed by atoms with Gasteiger partial charge < -0.3 is 5.32 Å². The Balaban J connectivity index is 2.09. The van der Waals surface area contributed by atoms with Gasteiger partial charge in [0.25, 0.3) is 0 Å². The largest absolute Gasteiger partial charge is 0.352 e. The summed E-state index contributed by atoms with van der Waals surface area (Å²) in [7, 11) is 0. The summed E-state index contributed by atoms with van der Waals surface area (Å²) >= 11 is 1.20. The molecule has 0 saturated heterocycles. The molecule has 5 heteroatoms. The van der Waals surface area contributed by atoms with Gasteiger partial charge in [-0.2, -0.15) is 8.75 Å². The van der Waals surface area contributed by atoms with E-state index in [4.69, 9.17) is 0 Å². The molecule has 1 aromatic heterocycles. The molecule has 0 bridgehead atoms. The van der Waals surface area contributed by atoms with E-state index in [-0.39, 0.29) is 11.8 Å². The van der Waals surface area contributed by atoms with E-state index < -0.39 is 0 Å². The van der Waals surface area contributed by atoms with Crippen LogP contribution in [0.1, 0.15) is 25.8 Å². The van der Waals surface area contributed by atoms with E-state index >= 15 is 0 Å². The number of fused-ring (bicyclic) bond motifs is 1. The van der Waals surface area contributed by atoms with Gasteiger partial charge in [0, 0.05) is 18.0 Å². The molecular weight excluding hydrogens is 234 g/mol. The molecule has 0 fully saturated rings. The Kier molecular flexibility index (Phi) is 3.68. The molecule has 1 heterocycles. The summed E-state index contributed by atoms with van der Waals surface area (Å²) in [5.41, 5.74) is 2.81. The first-order chi connectivity index (χ1) is 8.22. The molecule has 0 spiro atoms. The monoisotopic (exact) mass is 249 g/mol. The summed E-state index contributed by atoms with van der Waals surface area (Å²) in [5.74, 6) is 0.149. The van der Waals surface area contributed by atoms with E-state index in [1.807, 2.05) is 32.0 Å². The second-order valence-electron chi connectivity index (χ2n) is 4.08. The summed E-state index contributed by atoms with van der Waals surface area (Å²) in [6.45, 7) is 4.46. The zero-order chi connectivity index (χ0) is 12.3. The number of nitrogens with one attached hydrogen (secondary N) is 1. The molecule has 0 saturated carbocycles. The lowest BCUT2D eigenvalue weighted by atomic mass is 10.1. The average Bonchev–Trinajstić information content (AvgIpc) is 2.83. The molecule has 1 unspecified atom stereocenters. The van der Waals surface area contributed by atoms with Crippen molar-refractivity contribution in [2.24, 2.45) is 5.92 Å². The first-order valence-electron chi connectivity index (χ1n) is 5.70. The van der Waals surface area contributed by atoms with Gasteiger partial charge in [-0.3, -0.25) is 4.79 Å². The number of carbonyl (C=O) groups excluding carboxylic acids is 1. The van der Waals surface area contributed by atoms with E-state index in [1.165, 1.54) is 11.7 Å². The van der Waals surface area contributed by atoms with Crippen molar-refractivity contribution in [3.63, 3.8) is 0 Å². The highest BCUT2D eigenvalue weighted by Gasteiger charge is 2.11. The van der Waals surface area contributed by atoms with Crippen LogP contribution in [0.5, 0.6) is 0 Å². The predicted octanol–water partition coefficient (Wildman–Crippen LogP) is 2.35. The second kappa shape index (κ2) is 5.23. The van der Waals surface area contributed by atoms with E-state index in [0.717, 1.165) is 23.0 Å². The molecule has 90 valence electrons. The van der Waals surface area contributed by atoms with Gasteiger partial charge in [-0.05, 0) is 12.5 Å². The van der Waals surface area contributed by atoms with Crippen molar-refractivity contribution in [1.29, 1.82) is 0 Å². The van der Waals surface area contributed by atoms with Crippen molar-refractivity contribution < 1.29 is 4.79 Å². The van der Waals surface area contributed by atoms with E-state index in [0.29, 0.717) is 6.54 Å². The fourth-order valence-corrected chi connectivity index (χ4v) is 2.12. The molecule has 1 atom stereocenters. The predicted molar refractivity (Wildman–Crippen MR) is 68.7 cm³/mol. The zero-order valence-corrected chi connectivity index (χ0v) is 10.8. The van der Waals surface area contributed by atoms with Crippen molar-refractivity contribution in [1.82, 2.24) is 14.1 Å². The normalized spacial score (nSPS) is 12.6. The third-order valence-electron chi connectivity index (χ3n) is 2.88. The van der Waals surface area contributed by atoms with Gasteiger partial charge in [0.2, 0.25) is 5.91 Å². The zero-order valence-electron chi connectivity index (χ0n) is 9.93. The van der Waals surface area contributed by atoms with Crippen molar-refractivity contribution in [2.75, 3.05) is 0 Å². The van der Waals surface area contributed by atoms with Gasteiger partial charge in [-0.15, -0.1) is 0 Å². The molecule has 0 radical (unpaired) electrons. The molecule has 1 aromatic carbocycles. The Morgan fingerprint density at radius 2 is 2.29 bits per heavy atom. The maximum atomic E-state index is 11.7. The summed E-state index contributed by atoms with van der Waals surface area (Å²) < 4.78 is 8.42. The second-order valence-corrected chi connectivity index (χ2v) is 4.60. The molecule has 2 rings (SSSR count). The molecule has 0 aliphatic carbocycles. The lowest BCUT2D eigenvalue weighted by Gasteiger charge is -2.09. The number of aromatic nitrogens is 2. The highest BCUT2D eigenvalue weighted by molar-refractivity contribution is 7.00. The Labute approximate surface area is 104 Å². The van der Waals surface area contributed by atoms with Crippen LogP contribution in [0.2, 0.25) is 0 Å². The molecule has 2 aromatic rings. The fraction of sp³-hybridized carbons (Fsp3) is 0.417. The standard InChI is InChI=1S/C12H15N3OS/c1-3-8(2)12(16)13-7-9-5-4-6-10-11(9)15-17-14-10/h4-6,8H,3,7H2,1-2H3,(H,13,16). The lowest BCUT2D eigenvalue weighted by Crippen LogP contribution is -2.28. The van der Waals surface area contributed by atoms with Crippen molar-refractivity contribution >= 4 is 28.7 Å². The van der Waals surface area contributed by atoms with Gasteiger partial charge in [0.05, 0.1) is 11.7 Å². The molecule has 4 nitrogen and oxygen atoms in total. The van der Waals surface area contributed by atoms with Crippen LogP contribution in [-0.4, -0.2) is 14.7 Å². The molecule has 0 aliphatic rings. The van der Waals surface area contributed by atoms with Gasteiger partial charge in [-0.1, -0.05) is 26.0 Å². The number of rotatable bonds is 4. The van der Waals surface area contributed by atoms with Crippen molar-refractivity contribution in [3.8, 4) is 0 Å². The molecular formula is C12H15N3OS. The maximum Gasteiger partial charge on any atom is 0.223 e. The summed E-state index contributed by atoms with van der Waals surface area (Å²) in [6.07, 6.45) is 0.855. The minimum absolute atomic E-state index is 0.0581. The third kappa shape index (κ3) is 2.61. The SMILES string of the molecule is CCC(C)C(=O)NCc1cccc2nsnc12. The first kappa shape index (κ1) is 12.0. The number of nitrogens with zero attached hydrogens (tertiary/aromatic N) is 2. The highest BCUT2D eigenvalue weighted by atomic mass is 32.1. The molecule has 17 heavy (non-hydrogen) atoms. The lowest BCUT2D eigenvalue weighted by molar-refractivity contribution is -0.124. The van der Waals surface area contributed by atoms with Crippen molar-refractivity contribution in [3.05, 3.63) is 23.8 Å². The molecule has 1 N–H and O–H groups in total. The third-order valence-corrected chi connectivity index (χ3v) is 3.43. The van der Waals surface area contributed by atoms with Gasteiger partial charge in [0.15, 0.2) is 0 Å². The highest BCUT2D eigenvalue weighted by Crippen LogP contribution is 2.16. The number of amides is 1.